The Morgan fingerprint density at radius 3 is 2.41 bits per heavy atom. The predicted molar refractivity (Wildman–Crippen MR) is 58.4 cm³/mol. The summed E-state index contributed by atoms with van der Waals surface area (Å²) in [6, 6.07) is 1.61. The smallest absolute Gasteiger partial charge is 0.389 e. The van der Waals surface area contributed by atoms with Gasteiger partial charge in [0.15, 0.2) is 0 Å². The van der Waals surface area contributed by atoms with Crippen LogP contribution in [0.25, 0.3) is 0 Å². The number of rotatable bonds is 3. The van der Waals surface area contributed by atoms with E-state index in [-0.39, 0.29) is 18.2 Å². The highest BCUT2D eigenvalue weighted by Crippen LogP contribution is 2.31. The maximum Gasteiger partial charge on any atom is 0.416 e. The number of nitrogens with two attached hydrogens (primary N) is 1. The van der Waals surface area contributed by atoms with Crippen LogP contribution in [0.3, 0.4) is 0 Å². The quantitative estimate of drug-likeness (QED) is 0.764. The van der Waals surface area contributed by atoms with Gasteiger partial charge in [0.05, 0.1) is 11.2 Å². The first-order valence-electron chi connectivity index (χ1n) is 4.89. The Labute approximate surface area is 96.7 Å². The molecule has 0 aliphatic carbocycles. The lowest BCUT2D eigenvalue weighted by atomic mass is 10.1. The average Bonchev–Trinajstić information content (AvgIpc) is 2.11. The van der Waals surface area contributed by atoms with Crippen molar-refractivity contribution in [2.75, 3.05) is 17.6 Å². The Bertz CT molecular complexity index is 399. The Hall–Kier alpha value is -1.50. The van der Waals surface area contributed by atoms with E-state index in [0.29, 0.717) is 0 Å². The topological polar surface area (TPSA) is 71.2 Å². The van der Waals surface area contributed by atoms with E-state index in [4.69, 9.17) is 5.73 Å². The summed E-state index contributed by atoms with van der Waals surface area (Å²) < 4.78 is 37.4. The highest BCUT2D eigenvalue weighted by atomic mass is 19.4. The van der Waals surface area contributed by atoms with Crippen LogP contribution < -0.4 is 11.1 Å². The summed E-state index contributed by atoms with van der Waals surface area (Å²) in [4.78, 5) is 3.71. The molecule has 1 aromatic heterocycles. The van der Waals surface area contributed by atoms with Gasteiger partial charge >= 0.3 is 6.18 Å². The number of aromatic nitrogens is 1. The molecule has 4 nitrogen and oxygen atoms in total. The molecule has 0 saturated carbocycles. The van der Waals surface area contributed by atoms with E-state index < -0.39 is 17.3 Å². The molecule has 0 atom stereocenters. The SMILES string of the molecule is CC(C)(O)CNc1cc(C(F)(F)F)cc(N)n1. The second-order valence-electron chi connectivity index (χ2n) is 4.33. The number of pyridine rings is 1. The summed E-state index contributed by atoms with van der Waals surface area (Å²) in [6.45, 7) is 3.12. The van der Waals surface area contributed by atoms with Crippen molar-refractivity contribution in [1.82, 2.24) is 4.98 Å². The third-order valence-electron chi connectivity index (χ3n) is 1.87. The van der Waals surface area contributed by atoms with Gasteiger partial charge in [-0.1, -0.05) is 0 Å². The molecule has 0 aliphatic rings. The molecule has 0 aliphatic heterocycles. The van der Waals surface area contributed by atoms with Gasteiger partial charge in [0, 0.05) is 6.54 Å². The summed E-state index contributed by atoms with van der Waals surface area (Å²) in [5.74, 6) is -0.238. The van der Waals surface area contributed by atoms with Gasteiger partial charge in [-0.3, -0.25) is 0 Å². The first kappa shape index (κ1) is 13.6. The van der Waals surface area contributed by atoms with Crippen LogP contribution in [0.2, 0.25) is 0 Å². The number of hydrogen-bond donors (Lipinski definition) is 3. The van der Waals surface area contributed by atoms with E-state index in [9.17, 15) is 18.3 Å². The molecule has 17 heavy (non-hydrogen) atoms. The number of hydrogen-bond acceptors (Lipinski definition) is 4. The molecule has 4 N–H and O–H groups in total. The minimum Gasteiger partial charge on any atom is -0.389 e. The lowest BCUT2D eigenvalue weighted by Crippen LogP contribution is -2.29. The third kappa shape index (κ3) is 4.48. The molecule has 0 fully saturated rings. The fraction of sp³-hybridized carbons (Fsp3) is 0.500. The second-order valence-corrected chi connectivity index (χ2v) is 4.33. The highest BCUT2D eigenvalue weighted by Gasteiger charge is 2.31. The van der Waals surface area contributed by atoms with Gasteiger partial charge < -0.3 is 16.2 Å². The molecule has 1 rings (SSSR count). The third-order valence-corrected chi connectivity index (χ3v) is 1.87. The van der Waals surface area contributed by atoms with Gasteiger partial charge in [0.2, 0.25) is 0 Å². The molecular formula is C10H14F3N3O. The monoisotopic (exact) mass is 249 g/mol. The molecule has 1 aromatic rings. The molecule has 7 heteroatoms. The maximum atomic E-state index is 12.5. The van der Waals surface area contributed by atoms with Crippen molar-refractivity contribution in [3.8, 4) is 0 Å². The van der Waals surface area contributed by atoms with Gasteiger partial charge in [0.25, 0.3) is 0 Å². The summed E-state index contributed by atoms with van der Waals surface area (Å²) in [5.41, 5.74) is 3.36. The number of anilines is 2. The predicted octanol–water partition coefficient (Wildman–Crippen LogP) is 1.87. The minimum atomic E-state index is -4.47. The summed E-state index contributed by atoms with van der Waals surface area (Å²) in [5, 5.41) is 12.0. The van der Waals surface area contributed by atoms with Crippen molar-refractivity contribution in [2.24, 2.45) is 0 Å². The van der Waals surface area contributed by atoms with Gasteiger partial charge in [-0.15, -0.1) is 0 Å². The first-order chi connectivity index (χ1) is 7.58. The molecule has 1 heterocycles. The largest absolute Gasteiger partial charge is 0.416 e. The van der Waals surface area contributed by atoms with Gasteiger partial charge in [-0.2, -0.15) is 13.2 Å². The maximum absolute atomic E-state index is 12.5. The molecule has 96 valence electrons. The number of halogens is 3. The first-order valence-corrected chi connectivity index (χ1v) is 4.89. The standard InChI is InChI=1S/C10H14F3N3O/c1-9(2,17)5-15-8-4-6(10(11,12)13)3-7(14)16-8/h3-4,17H,5H2,1-2H3,(H3,14,15,16). The van der Waals surface area contributed by atoms with Crippen LogP contribution in [0.15, 0.2) is 12.1 Å². The summed E-state index contributed by atoms with van der Waals surface area (Å²) >= 11 is 0. The molecule has 0 saturated heterocycles. The van der Waals surface area contributed by atoms with Crippen molar-refractivity contribution >= 4 is 11.6 Å². The number of alkyl halides is 3. The van der Waals surface area contributed by atoms with Crippen LogP contribution in [0.1, 0.15) is 19.4 Å². The van der Waals surface area contributed by atoms with Gasteiger partial charge in [-0.05, 0) is 26.0 Å². The molecule has 0 bridgehead atoms. The van der Waals surface area contributed by atoms with E-state index in [2.05, 4.69) is 10.3 Å². The molecule has 0 radical (unpaired) electrons. The Balaban J connectivity index is 2.91. The Morgan fingerprint density at radius 2 is 1.94 bits per heavy atom. The van der Waals surface area contributed by atoms with Gasteiger partial charge in [0.1, 0.15) is 11.6 Å². The molecule has 0 unspecified atom stereocenters. The van der Waals surface area contributed by atoms with Crippen molar-refractivity contribution in [1.29, 1.82) is 0 Å². The van der Waals surface area contributed by atoms with Gasteiger partial charge in [-0.25, -0.2) is 4.98 Å². The molecule has 0 amide bonds. The second kappa shape index (κ2) is 4.40. The zero-order chi connectivity index (χ0) is 13.3. The number of nitrogens with one attached hydrogen (secondary N) is 1. The summed E-state index contributed by atoms with van der Waals surface area (Å²) in [7, 11) is 0. The molecule has 0 spiro atoms. The van der Waals surface area contributed by atoms with Crippen molar-refractivity contribution in [3.63, 3.8) is 0 Å². The fourth-order valence-electron chi connectivity index (χ4n) is 1.11. The van der Waals surface area contributed by atoms with Crippen molar-refractivity contribution < 1.29 is 18.3 Å². The van der Waals surface area contributed by atoms with Crippen LogP contribution in [0.4, 0.5) is 24.8 Å². The Kier molecular flexibility index (Phi) is 3.51. The lowest BCUT2D eigenvalue weighted by molar-refractivity contribution is -0.137. The zero-order valence-electron chi connectivity index (χ0n) is 9.47. The van der Waals surface area contributed by atoms with Crippen LogP contribution >= 0.6 is 0 Å². The van der Waals surface area contributed by atoms with E-state index in [1.807, 2.05) is 0 Å². The van der Waals surface area contributed by atoms with Crippen LogP contribution in [-0.4, -0.2) is 22.2 Å². The van der Waals surface area contributed by atoms with Crippen LogP contribution in [0, 0.1) is 0 Å². The molecule has 0 aromatic carbocycles. The van der Waals surface area contributed by atoms with E-state index in [0.717, 1.165) is 12.1 Å². The van der Waals surface area contributed by atoms with E-state index in [1.54, 1.807) is 0 Å². The Morgan fingerprint density at radius 1 is 1.35 bits per heavy atom. The number of nitrogen functional groups attached to an aromatic ring is 1. The minimum absolute atomic E-state index is 0.0144. The van der Waals surface area contributed by atoms with Crippen LogP contribution in [0.5, 0.6) is 0 Å². The number of aliphatic hydroxyl groups is 1. The van der Waals surface area contributed by atoms with Crippen molar-refractivity contribution in [3.05, 3.63) is 17.7 Å². The molecular weight excluding hydrogens is 235 g/mol. The van der Waals surface area contributed by atoms with Crippen LogP contribution in [-0.2, 0) is 6.18 Å². The number of nitrogens with zero attached hydrogens (tertiary/aromatic N) is 1. The van der Waals surface area contributed by atoms with E-state index >= 15 is 0 Å². The highest BCUT2D eigenvalue weighted by molar-refractivity contribution is 5.47. The average molecular weight is 249 g/mol. The van der Waals surface area contributed by atoms with Crippen molar-refractivity contribution in [2.45, 2.75) is 25.6 Å². The summed E-state index contributed by atoms with van der Waals surface area (Å²) in [6.07, 6.45) is -4.47. The van der Waals surface area contributed by atoms with E-state index in [1.165, 1.54) is 13.8 Å². The lowest BCUT2D eigenvalue weighted by Gasteiger charge is -2.18. The normalized spacial score (nSPS) is 12.6. The zero-order valence-corrected chi connectivity index (χ0v) is 9.47. The fourth-order valence-corrected chi connectivity index (χ4v) is 1.11.